The zero-order chi connectivity index (χ0) is 18.3. The molecule has 0 bridgehead atoms. The minimum absolute atomic E-state index is 0.0441. The molecule has 2 aromatic rings. The third-order valence-electron chi connectivity index (χ3n) is 4.81. The Bertz CT molecular complexity index is 603. The van der Waals surface area contributed by atoms with Gasteiger partial charge in [-0.25, -0.2) is 0 Å². The molecule has 0 fully saturated rings. The molecule has 1 atom stereocenters. The molecule has 1 nitrogen and oxygen atoms in total. The molecular formula is C23H32OSi. The molecule has 0 aromatic heterocycles. The van der Waals surface area contributed by atoms with Gasteiger partial charge in [0.05, 0.1) is 0 Å². The van der Waals surface area contributed by atoms with Crippen LogP contribution in [0.3, 0.4) is 0 Å². The van der Waals surface area contributed by atoms with Crippen molar-refractivity contribution in [3.05, 3.63) is 73.3 Å². The zero-order valence-corrected chi connectivity index (χ0v) is 17.2. The maximum atomic E-state index is 7.03. The summed E-state index contributed by atoms with van der Waals surface area (Å²) in [6.07, 6.45) is 5.47. The summed E-state index contributed by atoms with van der Waals surface area (Å²) in [6, 6.07) is 21.7. The van der Waals surface area contributed by atoms with E-state index < -0.39 is 8.32 Å². The van der Waals surface area contributed by atoms with E-state index in [2.05, 4.69) is 94.9 Å². The molecule has 0 saturated carbocycles. The molecule has 0 amide bonds. The van der Waals surface area contributed by atoms with E-state index in [0.717, 1.165) is 19.3 Å². The van der Waals surface area contributed by atoms with E-state index in [4.69, 9.17) is 4.43 Å². The fourth-order valence-corrected chi connectivity index (χ4v) is 8.34. The summed E-state index contributed by atoms with van der Waals surface area (Å²) in [5.74, 6) is 0. The molecule has 0 heterocycles. The Morgan fingerprint density at radius 3 is 1.84 bits per heavy atom. The van der Waals surface area contributed by atoms with Gasteiger partial charge in [0.25, 0.3) is 8.32 Å². The number of rotatable bonds is 8. The second-order valence-electron chi connectivity index (χ2n) is 7.81. The van der Waals surface area contributed by atoms with Crippen LogP contribution in [-0.4, -0.2) is 14.4 Å². The summed E-state index contributed by atoms with van der Waals surface area (Å²) in [6.45, 7) is 13.0. The first-order chi connectivity index (χ1) is 11.9. The first kappa shape index (κ1) is 19.7. The maximum absolute atomic E-state index is 7.03. The molecule has 0 N–H and O–H groups in total. The highest BCUT2D eigenvalue weighted by Gasteiger charge is 2.50. The highest BCUT2D eigenvalue weighted by molar-refractivity contribution is 6.99. The van der Waals surface area contributed by atoms with Crippen molar-refractivity contribution in [2.45, 2.75) is 58.1 Å². The first-order valence-corrected chi connectivity index (χ1v) is 11.2. The van der Waals surface area contributed by atoms with Crippen LogP contribution in [0.15, 0.2) is 73.3 Å². The Morgan fingerprint density at radius 1 is 0.960 bits per heavy atom. The Kier molecular flexibility index (Phi) is 6.80. The van der Waals surface area contributed by atoms with Crippen molar-refractivity contribution in [2.75, 3.05) is 0 Å². The van der Waals surface area contributed by atoms with E-state index in [-0.39, 0.29) is 11.1 Å². The monoisotopic (exact) mass is 352 g/mol. The van der Waals surface area contributed by atoms with Gasteiger partial charge < -0.3 is 4.43 Å². The minimum Gasteiger partial charge on any atom is -0.405 e. The average molecular weight is 353 g/mol. The Morgan fingerprint density at radius 2 is 1.44 bits per heavy atom. The standard InChI is InChI=1S/C23H32OSi/c1-6-7-10-15-20(2)24-25(23(3,4)5,21-16-11-8-12-17-21)22-18-13-9-14-19-22/h6,8-9,11-14,16-20H,1,7,10,15H2,2-5H3/t20-/m0/s1. The van der Waals surface area contributed by atoms with Gasteiger partial charge in [-0.15, -0.1) is 6.58 Å². The maximum Gasteiger partial charge on any atom is 0.261 e. The molecule has 2 rings (SSSR count). The molecule has 0 radical (unpaired) electrons. The van der Waals surface area contributed by atoms with Gasteiger partial charge in [-0.2, -0.15) is 0 Å². The molecule has 0 aliphatic carbocycles. The molecule has 0 aliphatic rings. The lowest BCUT2D eigenvalue weighted by atomic mass is 10.2. The lowest BCUT2D eigenvalue weighted by Gasteiger charge is -2.44. The number of benzene rings is 2. The van der Waals surface area contributed by atoms with E-state index in [1.807, 2.05) is 6.08 Å². The predicted molar refractivity (Wildman–Crippen MR) is 112 cm³/mol. The Hall–Kier alpha value is -1.64. The molecule has 0 aliphatic heterocycles. The number of allylic oxidation sites excluding steroid dienone is 1. The minimum atomic E-state index is -2.40. The topological polar surface area (TPSA) is 9.23 Å². The molecular weight excluding hydrogens is 320 g/mol. The zero-order valence-electron chi connectivity index (χ0n) is 16.2. The average Bonchev–Trinajstić information content (AvgIpc) is 2.60. The van der Waals surface area contributed by atoms with Crippen LogP contribution < -0.4 is 10.4 Å². The predicted octanol–water partition coefficient (Wildman–Crippen LogP) is 5.31. The van der Waals surface area contributed by atoms with Crippen molar-refractivity contribution in [3.63, 3.8) is 0 Å². The largest absolute Gasteiger partial charge is 0.405 e. The van der Waals surface area contributed by atoms with E-state index in [9.17, 15) is 0 Å². The normalized spacial score (nSPS) is 13.4. The van der Waals surface area contributed by atoms with Crippen molar-refractivity contribution in [3.8, 4) is 0 Å². The van der Waals surface area contributed by atoms with Gasteiger partial charge in [0.1, 0.15) is 0 Å². The second kappa shape index (κ2) is 8.64. The van der Waals surface area contributed by atoms with Gasteiger partial charge in [0.15, 0.2) is 0 Å². The van der Waals surface area contributed by atoms with Crippen LogP contribution in [0.1, 0.15) is 47.0 Å². The van der Waals surface area contributed by atoms with Crippen LogP contribution in [-0.2, 0) is 4.43 Å². The molecule has 25 heavy (non-hydrogen) atoms. The van der Waals surface area contributed by atoms with Crippen LogP contribution in [0, 0.1) is 0 Å². The smallest absolute Gasteiger partial charge is 0.261 e. The van der Waals surface area contributed by atoms with Crippen molar-refractivity contribution >= 4 is 18.7 Å². The van der Waals surface area contributed by atoms with Gasteiger partial charge in [-0.3, -0.25) is 0 Å². The van der Waals surface area contributed by atoms with Crippen molar-refractivity contribution in [1.29, 1.82) is 0 Å². The SMILES string of the molecule is C=CCCC[C@H](C)O[Si](c1ccccc1)(c1ccccc1)C(C)(C)C. The third-order valence-corrected chi connectivity index (χ3v) is 9.97. The molecule has 2 heteroatoms. The lowest BCUT2D eigenvalue weighted by Crippen LogP contribution is -2.67. The van der Waals surface area contributed by atoms with Crippen molar-refractivity contribution in [2.24, 2.45) is 0 Å². The fraction of sp³-hybridized carbons (Fsp3) is 0.391. The molecule has 0 spiro atoms. The van der Waals surface area contributed by atoms with Gasteiger partial charge in [-0.05, 0) is 41.6 Å². The van der Waals surface area contributed by atoms with Crippen molar-refractivity contribution in [1.82, 2.24) is 0 Å². The number of hydrogen-bond donors (Lipinski definition) is 0. The van der Waals surface area contributed by atoms with E-state index in [0.29, 0.717) is 0 Å². The van der Waals surface area contributed by atoms with Gasteiger partial charge in [0, 0.05) is 6.10 Å². The van der Waals surface area contributed by atoms with Crippen LogP contribution in [0.2, 0.25) is 5.04 Å². The summed E-state index contributed by atoms with van der Waals surface area (Å²) in [5, 5.41) is 2.75. The quantitative estimate of drug-likeness (QED) is 0.355. The number of hydrogen-bond acceptors (Lipinski definition) is 1. The molecule has 134 valence electrons. The third kappa shape index (κ3) is 4.50. The van der Waals surface area contributed by atoms with Crippen LogP contribution in [0.25, 0.3) is 0 Å². The van der Waals surface area contributed by atoms with Crippen LogP contribution >= 0.6 is 0 Å². The number of unbranched alkanes of at least 4 members (excludes halogenated alkanes) is 1. The summed E-state index contributed by atoms with van der Waals surface area (Å²) in [5.41, 5.74) is 0. The van der Waals surface area contributed by atoms with E-state index in [1.165, 1.54) is 10.4 Å². The second-order valence-corrected chi connectivity index (χ2v) is 12.1. The summed E-state index contributed by atoms with van der Waals surface area (Å²) in [4.78, 5) is 0. The van der Waals surface area contributed by atoms with Gasteiger partial charge >= 0.3 is 0 Å². The highest BCUT2D eigenvalue weighted by atomic mass is 28.4. The van der Waals surface area contributed by atoms with E-state index >= 15 is 0 Å². The van der Waals surface area contributed by atoms with E-state index in [1.54, 1.807) is 0 Å². The Labute approximate surface area is 154 Å². The first-order valence-electron chi connectivity index (χ1n) is 9.31. The summed E-state index contributed by atoms with van der Waals surface area (Å²) >= 11 is 0. The van der Waals surface area contributed by atoms with Crippen LogP contribution in [0.4, 0.5) is 0 Å². The molecule has 0 saturated heterocycles. The summed E-state index contributed by atoms with van der Waals surface area (Å²) < 4.78 is 7.03. The van der Waals surface area contributed by atoms with Gasteiger partial charge in [0.2, 0.25) is 0 Å². The lowest BCUT2D eigenvalue weighted by molar-refractivity contribution is 0.194. The van der Waals surface area contributed by atoms with Gasteiger partial charge in [-0.1, -0.05) is 87.5 Å². The Balaban J connectivity index is 2.51. The highest BCUT2D eigenvalue weighted by Crippen LogP contribution is 2.37. The molecule has 2 aromatic carbocycles. The fourth-order valence-electron chi connectivity index (χ4n) is 3.60. The van der Waals surface area contributed by atoms with Crippen molar-refractivity contribution < 1.29 is 4.43 Å². The molecule has 0 unspecified atom stereocenters. The van der Waals surface area contributed by atoms with Crippen LogP contribution in [0.5, 0.6) is 0 Å². The summed E-state index contributed by atoms with van der Waals surface area (Å²) in [7, 11) is -2.40.